The molecule has 1 aromatic heterocycles. The molecular formula is C23H20Cl2FN3O3S. The van der Waals surface area contributed by atoms with Gasteiger partial charge < -0.3 is 15.0 Å². The molecule has 0 atom stereocenters. The number of nitrogens with one attached hydrogen (secondary N) is 1. The number of amides is 2. The van der Waals surface area contributed by atoms with Crippen molar-refractivity contribution >= 4 is 52.0 Å². The van der Waals surface area contributed by atoms with Gasteiger partial charge in [0.05, 0.1) is 27.7 Å². The molecule has 1 aliphatic rings. The summed E-state index contributed by atoms with van der Waals surface area (Å²) in [6.07, 6.45) is 1.33. The second-order valence-electron chi connectivity index (χ2n) is 7.54. The van der Waals surface area contributed by atoms with Crippen LogP contribution in [0.3, 0.4) is 0 Å². The number of hydrogen-bond donors (Lipinski definition) is 1. The van der Waals surface area contributed by atoms with Crippen LogP contribution in [0.2, 0.25) is 10.0 Å². The first kappa shape index (κ1) is 23.5. The van der Waals surface area contributed by atoms with E-state index in [1.54, 1.807) is 28.5 Å². The quantitative estimate of drug-likeness (QED) is 0.468. The van der Waals surface area contributed by atoms with Gasteiger partial charge in [0.25, 0.3) is 11.8 Å². The van der Waals surface area contributed by atoms with Crippen molar-refractivity contribution in [2.45, 2.75) is 18.8 Å². The van der Waals surface area contributed by atoms with Crippen LogP contribution >= 0.6 is 34.5 Å². The number of hydrogen-bond acceptors (Lipinski definition) is 5. The van der Waals surface area contributed by atoms with Crippen LogP contribution in [0.5, 0.6) is 5.75 Å². The zero-order valence-electron chi connectivity index (χ0n) is 17.6. The summed E-state index contributed by atoms with van der Waals surface area (Å²) in [5, 5.41) is 5.84. The van der Waals surface area contributed by atoms with Crippen LogP contribution < -0.4 is 10.1 Å². The first-order valence-corrected chi connectivity index (χ1v) is 11.8. The van der Waals surface area contributed by atoms with Crippen molar-refractivity contribution in [2.75, 3.05) is 25.5 Å². The number of aromatic nitrogens is 1. The lowest BCUT2D eigenvalue weighted by atomic mass is 9.97. The van der Waals surface area contributed by atoms with Crippen LogP contribution in [-0.2, 0) is 0 Å². The highest BCUT2D eigenvalue weighted by molar-refractivity contribution is 7.10. The molecule has 172 valence electrons. The number of benzene rings is 2. The molecule has 2 heterocycles. The molecule has 0 saturated carbocycles. The van der Waals surface area contributed by atoms with Crippen LogP contribution in [0, 0.1) is 5.82 Å². The van der Waals surface area contributed by atoms with Gasteiger partial charge in [-0.1, -0.05) is 29.3 Å². The average molecular weight is 508 g/mol. The number of carbonyl (C=O) groups excluding carboxylic acids is 2. The van der Waals surface area contributed by atoms with E-state index in [9.17, 15) is 14.0 Å². The number of piperidine rings is 1. The van der Waals surface area contributed by atoms with Crippen LogP contribution in [-0.4, -0.2) is 41.9 Å². The molecule has 0 bridgehead atoms. The predicted octanol–water partition coefficient (Wildman–Crippen LogP) is 5.87. The lowest BCUT2D eigenvalue weighted by Gasteiger charge is -2.31. The number of methoxy groups -OCH3 is 1. The molecule has 10 heteroatoms. The lowest BCUT2D eigenvalue weighted by Crippen LogP contribution is -2.38. The lowest BCUT2D eigenvalue weighted by molar-refractivity contribution is 0.0708. The number of halogens is 3. The Labute approximate surface area is 204 Å². The summed E-state index contributed by atoms with van der Waals surface area (Å²) in [5.41, 5.74) is 0.766. The zero-order valence-corrected chi connectivity index (χ0v) is 19.9. The SMILES string of the molecule is COc1ccc(NC(=O)c2csc(C3CCN(C(=O)c4c(F)cccc4Cl)CC3)n2)cc1Cl. The summed E-state index contributed by atoms with van der Waals surface area (Å²) < 4.78 is 19.2. The van der Waals surface area contributed by atoms with Crippen LogP contribution in [0.25, 0.3) is 0 Å². The van der Waals surface area contributed by atoms with Crippen molar-refractivity contribution in [3.05, 3.63) is 73.9 Å². The minimum absolute atomic E-state index is 0.0931. The molecule has 2 amide bonds. The monoisotopic (exact) mass is 507 g/mol. The van der Waals surface area contributed by atoms with Gasteiger partial charge in [0.1, 0.15) is 17.3 Å². The molecule has 33 heavy (non-hydrogen) atoms. The van der Waals surface area contributed by atoms with E-state index in [-0.39, 0.29) is 22.4 Å². The maximum atomic E-state index is 14.1. The van der Waals surface area contributed by atoms with E-state index >= 15 is 0 Å². The molecule has 4 rings (SSSR count). The minimum atomic E-state index is -0.622. The molecule has 1 fully saturated rings. The zero-order chi connectivity index (χ0) is 23.5. The van der Waals surface area contributed by atoms with Gasteiger partial charge in [-0.3, -0.25) is 9.59 Å². The van der Waals surface area contributed by atoms with E-state index in [1.807, 2.05) is 0 Å². The highest BCUT2D eigenvalue weighted by Crippen LogP contribution is 2.32. The van der Waals surface area contributed by atoms with Crippen molar-refractivity contribution < 1.29 is 18.7 Å². The maximum Gasteiger partial charge on any atom is 0.275 e. The van der Waals surface area contributed by atoms with Gasteiger partial charge in [-0.05, 0) is 43.2 Å². The summed E-state index contributed by atoms with van der Waals surface area (Å²) in [6.45, 7) is 0.916. The normalized spacial score (nSPS) is 14.2. The van der Waals surface area contributed by atoms with Gasteiger partial charge in [-0.25, -0.2) is 9.37 Å². The van der Waals surface area contributed by atoms with Crippen molar-refractivity contribution in [2.24, 2.45) is 0 Å². The highest BCUT2D eigenvalue weighted by Gasteiger charge is 2.29. The van der Waals surface area contributed by atoms with Gasteiger partial charge in [-0.15, -0.1) is 11.3 Å². The van der Waals surface area contributed by atoms with Crippen molar-refractivity contribution in [1.29, 1.82) is 0 Å². The Morgan fingerprint density at radius 1 is 1.18 bits per heavy atom. The average Bonchev–Trinajstić information content (AvgIpc) is 3.30. The number of ether oxygens (including phenoxy) is 1. The fourth-order valence-corrected chi connectivity index (χ4v) is 5.18. The summed E-state index contributed by atoms with van der Waals surface area (Å²) in [6, 6.07) is 9.19. The smallest absolute Gasteiger partial charge is 0.275 e. The molecule has 1 saturated heterocycles. The molecule has 1 N–H and O–H groups in total. The molecule has 6 nitrogen and oxygen atoms in total. The van der Waals surface area contributed by atoms with Crippen molar-refractivity contribution in [3.63, 3.8) is 0 Å². The van der Waals surface area contributed by atoms with Gasteiger partial charge in [0, 0.05) is 30.1 Å². The van der Waals surface area contributed by atoms with Crippen molar-refractivity contribution in [1.82, 2.24) is 9.88 Å². The molecule has 0 spiro atoms. The number of carbonyl (C=O) groups is 2. The fraction of sp³-hybridized carbons (Fsp3) is 0.261. The molecule has 0 aliphatic carbocycles. The van der Waals surface area contributed by atoms with Gasteiger partial charge in [-0.2, -0.15) is 0 Å². The van der Waals surface area contributed by atoms with Gasteiger partial charge >= 0.3 is 0 Å². The number of nitrogens with zero attached hydrogens (tertiary/aromatic N) is 2. The number of anilines is 1. The first-order valence-electron chi connectivity index (χ1n) is 10.2. The Hall–Kier alpha value is -2.68. The summed E-state index contributed by atoms with van der Waals surface area (Å²) in [7, 11) is 1.52. The largest absolute Gasteiger partial charge is 0.495 e. The summed E-state index contributed by atoms with van der Waals surface area (Å²) in [4.78, 5) is 31.4. The Kier molecular flexibility index (Phi) is 7.17. The predicted molar refractivity (Wildman–Crippen MR) is 127 cm³/mol. The second-order valence-corrected chi connectivity index (χ2v) is 9.24. The second kappa shape index (κ2) is 10.1. The third-order valence-corrected chi connectivity index (χ3v) is 7.09. The topological polar surface area (TPSA) is 71.5 Å². The molecular weight excluding hydrogens is 488 g/mol. The Morgan fingerprint density at radius 3 is 2.61 bits per heavy atom. The van der Waals surface area contributed by atoms with E-state index in [2.05, 4.69) is 10.3 Å². The number of likely N-dealkylation sites (tertiary alicyclic amines) is 1. The van der Waals surface area contributed by atoms with Crippen molar-refractivity contribution in [3.8, 4) is 5.75 Å². The van der Waals surface area contributed by atoms with Gasteiger partial charge in [0.2, 0.25) is 0 Å². The van der Waals surface area contributed by atoms with Crippen LogP contribution in [0.4, 0.5) is 10.1 Å². The van der Waals surface area contributed by atoms with Crippen LogP contribution in [0.1, 0.15) is 44.6 Å². The molecule has 0 radical (unpaired) electrons. The standard InChI is InChI=1S/C23H20Cl2FN3O3S/c1-32-19-6-5-14(11-16(19)25)27-21(30)18-12-33-22(28-18)13-7-9-29(10-8-13)23(31)20-15(24)3-2-4-17(20)26/h2-6,11-13H,7-10H2,1H3,(H,27,30). The van der Waals surface area contributed by atoms with E-state index in [0.717, 1.165) is 5.01 Å². The Morgan fingerprint density at radius 2 is 1.94 bits per heavy atom. The van der Waals surface area contributed by atoms with Gasteiger partial charge in [0.15, 0.2) is 0 Å². The van der Waals surface area contributed by atoms with Crippen LogP contribution in [0.15, 0.2) is 41.8 Å². The summed E-state index contributed by atoms with van der Waals surface area (Å²) in [5.74, 6) is -0.724. The Bertz CT molecular complexity index is 1180. The summed E-state index contributed by atoms with van der Waals surface area (Å²) >= 11 is 13.6. The minimum Gasteiger partial charge on any atom is -0.495 e. The fourth-order valence-electron chi connectivity index (χ4n) is 3.71. The third kappa shape index (κ3) is 5.13. The number of thiazole rings is 1. The van der Waals surface area contributed by atoms with E-state index < -0.39 is 11.7 Å². The van der Waals surface area contributed by atoms with E-state index in [1.165, 1.54) is 36.6 Å². The highest BCUT2D eigenvalue weighted by atomic mass is 35.5. The first-order chi connectivity index (χ1) is 15.9. The molecule has 0 unspecified atom stereocenters. The Balaban J connectivity index is 1.37. The third-order valence-electron chi connectivity index (χ3n) is 5.47. The van der Waals surface area contributed by atoms with E-state index in [4.69, 9.17) is 27.9 Å². The maximum absolute atomic E-state index is 14.1. The molecule has 2 aromatic carbocycles. The molecule has 3 aromatic rings. The van der Waals surface area contributed by atoms with E-state index in [0.29, 0.717) is 48.1 Å². The molecule has 1 aliphatic heterocycles. The number of rotatable bonds is 5.